The number of thiazole rings is 1. The molecule has 536 valence electrons. The van der Waals surface area contributed by atoms with Crippen molar-refractivity contribution in [1.29, 1.82) is 0 Å². The molecule has 1 fully saturated rings. The predicted octanol–water partition coefficient (Wildman–Crippen LogP) is 6.19. The number of carbonyl (C=O) groups excluding carboxylic acids is 3. The summed E-state index contributed by atoms with van der Waals surface area (Å²) in [5.41, 5.74) is 31.4. The maximum Gasteiger partial charge on any atom is 0.418 e. The van der Waals surface area contributed by atoms with Crippen molar-refractivity contribution >= 4 is 62.3 Å². The first-order chi connectivity index (χ1) is 47.1. The van der Waals surface area contributed by atoms with Crippen LogP contribution in [0.25, 0.3) is 0 Å². The number of ketones is 1. The lowest BCUT2D eigenvalue weighted by Crippen LogP contribution is -2.68. The zero-order valence-electron chi connectivity index (χ0n) is 56.9. The molecular weight excluding hydrogens is 1320 g/mol. The zero-order valence-corrected chi connectivity index (χ0v) is 58.5. The van der Waals surface area contributed by atoms with E-state index in [1.165, 1.54) is 47.0 Å². The van der Waals surface area contributed by atoms with Crippen molar-refractivity contribution in [1.82, 2.24) is 30.5 Å². The lowest BCUT2D eigenvalue weighted by atomic mass is 9.74. The van der Waals surface area contributed by atoms with Gasteiger partial charge in [-0.3, -0.25) is 19.1 Å². The Hall–Kier alpha value is -9.14. The smallest absolute Gasteiger partial charge is 0.418 e. The summed E-state index contributed by atoms with van der Waals surface area (Å²) in [6.45, 7) is 16.1. The number of carboxylic acid groups (broad SMARTS) is 1. The van der Waals surface area contributed by atoms with E-state index in [1.807, 2.05) is 74.2 Å². The van der Waals surface area contributed by atoms with Gasteiger partial charge in [0.05, 0.1) is 25.7 Å². The van der Waals surface area contributed by atoms with Gasteiger partial charge < -0.3 is 82.5 Å². The van der Waals surface area contributed by atoms with E-state index < -0.39 is 70.0 Å². The Kier molecular flexibility index (Phi) is 28.2. The van der Waals surface area contributed by atoms with Crippen molar-refractivity contribution < 1.29 is 75.5 Å². The molecule has 0 spiro atoms. The van der Waals surface area contributed by atoms with Gasteiger partial charge in [-0.1, -0.05) is 41.6 Å². The van der Waals surface area contributed by atoms with E-state index in [9.17, 15) is 37.8 Å². The minimum atomic E-state index is -4.99. The van der Waals surface area contributed by atoms with Gasteiger partial charge in [0.2, 0.25) is 0 Å². The van der Waals surface area contributed by atoms with Crippen LogP contribution in [-0.2, 0) is 96.9 Å². The van der Waals surface area contributed by atoms with Crippen LogP contribution in [0.5, 0.6) is 28.7 Å². The average molecular weight is 1410 g/mol. The molecule has 11 rings (SSSR count). The summed E-state index contributed by atoms with van der Waals surface area (Å²) in [7, 11) is -1.61. The summed E-state index contributed by atoms with van der Waals surface area (Å²) >= 11 is 0.987. The van der Waals surface area contributed by atoms with Crippen molar-refractivity contribution in [2.75, 3.05) is 72.4 Å². The van der Waals surface area contributed by atoms with E-state index in [4.69, 9.17) is 56.4 Å². The highest BCUT2D eigenvalue weighted by Crippen LogP contribution is 2.41. The Morgan fingerprint density at radius 2 is 1.33 bits per heavy atom. The molecule has 0 unspecified atom stereocenters. The summed E-state index contributed by atoms with van der Waals surface area (Å²) in [5, 5.41) is 40.7. The Morgan fingerprint density at radius 1 is 0.768 bits per heavy atom. The van der Waals surface area contributed by atoms with Gasteiger partial charge in [-0.25, -0.2) is 14.6 Å². The summed E-state index contributed by atoms with van der Waals surface area (Å²) in [6, 6.07) is 30.5. The summed E-state index contributed by atoms with van der Waals surface area (Å²) in [6.07, 6.45) is 2.79. The number of β-lactam (4-membered cyclic amide) rings is 1. The molecule has 0 saturated carbocycles. The van der Waals surface area contributed by atoms with Crippen LogP contribution in [0.2, 0.25) is 0 Å². The predicted molar refractivity (Wildman–Crippen MR) is 375 cm³/mol. The number of amides is 2. The number of anilines is 1. The fraction of sp³-hybridized carbons (Fsp3) is 0.435. The van der Waals surface area contributed by atoms with Crippen LogP contribution >= 0.6 is 11.3 Å². The number of Topliss-reactive ketones (excluding diaryl/α,β-unsaturated/α-hetero) is 1. The molecular formula is C69H92N12O16S2. The van der Waals surface area contributed by atoms with Gasteiger partial charge >= 0.3 is 22.5 Å². The second-order valence-corrected chi connectivity index (χ2v) is 27.0. The normalized spacial score (nSPS) is 16.4. The molecule has 28 nitrogen and oxygen atoms in total. The Labute approximate surface area is 581 Å². The number of phenols is 2. The highest BCUT2D eigenvalue weighted by Gasteiger charge is 2.57. The number of benzene rings is 5. The number of carboxylic acids is 1. The van der Waals surface area contributed by atoms with Gasteiger partial charge in [-0.15, -0.1) is 15.6 Å². The number of hydroxylamine groups is 2. The minimum absolute atomic E-state index is 0.0213. The number of methoxy groups -OCH3 is 2. The number of hydrogen-bond donors (Lipinski definition) is 10. The topological polar surface area (TPSA) is 414 Å². The fourth-order valence-corrected chi connectivity index (χ4v) is 12.0. The molecule has 0 bridgehead atoms. The number of aromatic nitrogens is 1. The highest BCUT2D eigenvalue weighted by atomic mass is 32.3. The van der Waals surface area contributed by atoms with Crippen LogP contribution in [0.3, 0.4) is 0 Å². The van der Waals surface area contributed by atoms with E-state index in [2.05, 4.69) is 48.2 Å². The Morgan fingerprint density at radius 3 is 1.92 bits per heavy atom. The van der Waals surface area contributed by atoms with Crippen LogP contribution in [0.4, 0.5) is 9.93 Å². The van der Waals surface area contributed by atoms with Crippen LogP contribution in [-0.4, -0.2) is 167 Å². The molecule has 1 aromatic heterocycles. The third kappa shape index (κ3) is 23.2. The standard InChI is InChI=1S/C27H36N8O10S2.C14H19NO3.C10H13NO.C9H11NO.C9H13NO/c1-27(2)18(23(37)35(27)45-47(40,41)42)11-20(36)22(19-14-46-26(30)32-19)33-44-21(24(38)39)13-43-17-5-4-16-12-34(9-6-15(16)10-17)25(29)31-8-3-7-28;1-14(2,3)18-13(17)15-7-6-10-8-12(16)5-4-11(10)9-15;1-12-10-3-2-9-7-11-5-4-8(9)6-10;11-9-2-1-8-6-10-4-3-7(8)5-9;1-11-9-4-2-3-8(7-9)5-6-10/h4-5,10,14,18,21H,3,6-9,11-13,28H2,1-2H3,(H2,29,31)(H2,30,32)(H,38,39)(H,40,41,42);4-5,8,16H,6-7,9H2,1-3H3;2-3,6,11H,4-5,7H2,1H3;1-2,5,10-11H,3-4,6H2;2-4,7H,5-6,10H2,1H3/b33-22-;;;;/t18-,21+;;;;/m1..../s1. The molecule has 2 amide bonds. The Balaban J connectivity index is 0.000000211. The zero-order chi connectivity index (χ0) is 72.0. The molecule has 5 aliphatic heterocycles. The maximum absolute atomic E-state index is 13.3. The van der Waals surface area contributed by atoms with Crippen molar-refractivity contribution in [2.24, 2.45) is 33.3 Å². The quantitative estimate of drug-likeness (QED) is 0.0108. The van der Waals surface area contributed by atoms with Crippen molar-refractivity contribution in [3.8, 4) is 28.7 Å². The Bertz CT molecular complexity index is 3920. The van der Waals surface area contributed by atoms with Crippen molar-refractivity contribution in [3.05, 3.63) is 158 Å². The first-order valence-corrected chi connectivity index (χ1v) is 34.5. The number of aliphatic imine (C=N–C) groups is 1. The fourth-order valence-electron chi connectivity index (χ4n) is 11.0. The van der Waals surface area contributed by atoms with E-state index in [1.54, 1.807) is 49.5 Å². The highest BCUT2D eigenvalue weighted by molar-refractivity contribution is 7.80. The number of fused-ring (bicyclic) bond motifs is 4. The first-order valence-electron chi connectivity index (χ1n) is 32.3. The third-order valence-electron chi connectivity index (χ3n) is 16.4. The van der Waals surface area contributed by atoms with Gasteiger partial charge in [0.15, 0.2) is 22.6 Å². The van der Waals surface area contributed by atoms with Gasteiger partial charge in [-0.05, 0) is 210 Å². The van der Waals surface area contributed by atoms with Gasteiger partial charge in [-0.2, -0.15) is 13.5 Å². The van der Waals surface area contributed by atoms with Crippen LogP contribution in [0.1, 0.15) is 103 Å². The first kappa shape index (κ1) is 77.2. The van der Waals surface area contributed by atoms with Crippen molar-refractivity contribution in [3.63, 3.8) is 0 Å². The van der Waals surface area contributed by atoms with Crippen LogP contribution < -0.4 is 47.8 Å². The number of ether oxygens (including phenoxy) is 4. The van der Waals surface area contributed by atoms with E-state index in [0.717, 1.165) is 103 Å². The SMILES string of the molecule is CC(C)(C)OC(=O)N1CCc2cc(O)ccc2C1.CC1(C)[C@H](CC(=O)/C(=N\O[C@@H](COc2ccc3c(c2)CCN(C(N)=NCCCN)C3)C(=O)O)c2csc(N)n2)C(=O)N1OS(=O)(=O)O.COc1ccc2c(c1)CCNC2.COc1cccc(CCN)c1.Oc1ccc2c(c1)CCNC2. The van der Waals surface area contributed by atoms with Gasteiger partial charge in [0.25, 0.3) is 12.0 Å². The second kappa shape index (κ2) is 36.1. The number of rotatable bonds is 19. The largest absolute Gasteiger partial charge is 0.508 e. The number of nitrogens with zero attached hydrogens (tertiary/aromatic N) is 6. The number of nitrogen functional groups attached to an aromatic ring is 1. The molecule has 14 N–H and O–H groups in total. The summed E-state index contributed by atoms with van der Waals surface area (Å²) in [4.78, 5) is 67.2. The number of guanidine groups is 1. The number of nitrogens with one attached hydrogen (secondary N) is 2. The van der Waals surface area contributed by atoms with Crippen molar-refractivity contribution in [2.45, 2.75) is 123 Å². The molecule has 2 atom stereocenters. The molecule has 1 saturated heterocycles. The lowest BCUT2D eigenvalue weighted by molar-refractivity contribution is -0.228. The number of carbonyl (C=O) groups is 4. The molecule has 0 radical (unpaired) electrons. The van der Waals surface area contributed by atoms with Gasteiger partial charge in [0.1, 0.15) is 46.6 Å². The summed E-state index contributed by atoms with van der Waals surface area (Å²) < 4.78 is 56.8. The number of oxime groups is 1. The molecule has 6 heterocycles. The molecule has 5 aliphatic rings. The number of phenolic OH excluding ortho intramolecular Hbond substituents is 2. The maximum atomic E-state index is 13.3. The van der Waals surface area contributed by atoms with Crippen LogP contribution in [0, 0.1) is 5.92 Å². The van der Waals surface area contributed by atoms with Crippen LogP contribution in [0.15, 0.2) is 113 Å². The molecule has 0 aliphatic carbocycles. The second-order valence-electron chi connectivity index (χ2n) is 25.1. The monoisotopic (exact) mass is 1410 g/mol. The molecule has 6 aromatic rings. The minimum Gasteiger partial charge on any atom is -0.508 e. The van der Waals surface area contributed by atoms with E-state index >= 15 is 0 Å². The van der Waals surface area contributed by atoms with Gasteiger partial charge in [0, 0.05) is 57.6 Å². The number of nitrogens with two attached hydrogens (primary N) is 4. The molecule has 30 heteroatoms. The molecule has 99 heavy (non-hydrogen) atoms. The number of hydrogen-bond acceptors (Lipinski definition) is 23. The van der Waals surface area contributed by atoms with E-state index in [-0.39, 0.29) is 22.7 Å². The lowest BCUT2D eigenvalue weighted by Gasteiger charge is -2.50. The summed E-state index contributed by atoms with van der Waals surface area (Å²) in [5.74, 6) is -0.791. The number of aliphatic carboxylic acids is 1. The average Bonchev–Trinajstić information content (AvgIpc) is 0.959. The number of aromatic hydroxyl groups is 2. The molecule has 5 aromatic carbocycles. The van der Waals surface area contributed by atoms with E-state index in [0.29, 0.717) is 74.8 Å². The third-order valence-corrected chi connectivity index (χ3v) is 17.4.